The maximum absolute atomic E-state index is 4.95. The fourth-order valence-corrected chi connectivity index (χ4v) is 1.07. The molecule has 0 fully saturated rings. The van der Waals surface area contributed by atoms with E-state index in [1.807, 2.05) is 12.1 Å². The third kappa shape index (κ3) is 1.74. The summed E-state index contributed by atoms with van der Waals surface area (Å²) in [6, 6.07) is 3.76. The summed E-state index contributed by atoms with van der Waals surface area (Å²) >= 11 is 0. The van der Waals surface area contributed by atoms with Crippen molar-refractivity contribution >= 4 is 0 Å². The van der Waals surface area contributed by atoms with Crippen molar-refractivity contribution in [3.63, 3.8) is 0 Å². The van der Waals surface area contributed by atoms with Crippen LogP contribution in [0, 0.1) is 0 Å². The van der Waals surface area contributed by atoms with Crippen LogP contribution in [0.5, 0.6) is 0 Å². The maximum atomic E-state index is 4.95. The molecular weight excluding hydrogens is 182 g/mol. The molecule has 0 radical (unpaired) electrons. The fraction of sp³-hybridized carbons (Fsp3) is 0.250. The first-order valence-electron chi connectivity index (χ1n) is 4.07. The fourth-order valence-electron chi connectivity index (χ4n) is 1.07. The molecule has 6 nitrogen and oxygen atoms in total. The number of hydrogen-bond donors (Lipinski definition) is 0. The summed E-state index contributed by atoms with van der Waals surface area (Å²) in [5.41, 5.74) is 1.71. The van der Waals surface area contributed by atoms with Gasteiger partial charge in [0.15, 0.2) is 0 Å². The number of nitrogens with zero attached hydrogens (tertiary/aromatic N) is 5. The van der Waals surface area contributed by atoms with Crippen molar-refractivity contribution in [2.45, 2.75) is 6.61 Å². The van der Waals surface area contributed by atoms with Gasteiger partial charge >= 0.3 is 0 Å². The summed E-state index contributed by atoms with van der Waals surface area (Å²) in [6.45, 7) is 0.510. The molecule has 6 heteroatoms. The van der Waals surface area contributed by atoms with Gasteiger partial charge in [0, 0.05) is 7.11 Å². The van der Waals surface area contributed by atoms with E-state index in [2.05, 4.69) is 20.5 Å². The normalized spacial score (nSPS) is 10.4. The number of hydrogen-bond acceptors (Lipinski definition) is 5. The molecule has 0 saturated carbocycles. The molecule has 0 atom stereocenters. The summed E-state index contributed by atoms with van der Waals surface area (Å²) in [5, 5.41) is 10.8. The molecule has 0 aliphatic rings. The number of ether oxygens (including phenoxy) is 1. The molecule has 0 unspecified atom stereocenters. The number of rotatable bonds is 3. The molecule has 0 aliphatic heterocycles. The molecule has 0 aromatic carbocycles. The molecule has 2 aromatic heterocycles. The second-order valence-electron chi connectivity index (χ2n) is 2.70. The maximum Gasteiger partial charge on any atom is 0.143 e. The van der Waals surface area contributed by atoms with E-state index < -0.39 is 0 Å². The molecule has 2 heterocycles. The van der Waals surface area contributed by atoms with E-state index in [1.54, 1.807) is 18.0 Å². The zero-order chi connectivity index (χ0) is 9.80. The molecule has 0 aliphatic carbocycles. The summed E-state index contributed by atoms with van der Waals surface area (Å²) < 4.78 is 6.49. The zero-order valence-corrected chi connectivity index (χ0v) is 7.66. The van der Waals surface area contributed by atoms with Crippen LogP contribution in [-0.2, 0) is 11.3 Å². The van der Waals surface area contributed by atoms with Crippen LogP contribution in [0.25, 0.3) is 5.69 Å². The first kappa shape index (κ1) is 8.76. The Labute approximate surface area is 80.5 Å². The Hall–Kier alpha value is -1.82. The Balaban J connectivity index is 2.22. The number of aromatic nitrogens is 5. The Morgan fingerprint density at radius 1 is 1.43 bits per heavy atom. The van der Waals surface area contributed by atoms with Gasteiger partial charge in [-0.2, -0.15) is 4.68 Å². The van der Waals surface area contributed by atoms with E-state index in [-0.39, 0.29) is 0 Å². The van der Waals surface area contributed by atoms with Crippen LogP contribution in [0.1, 0.15) is 5.69 Å². The van der Waals surface area contributed by atoms with Crippen molar-refractivity contribution in [2.24, 2.45) is 0 Å². The Kier molecular flexibility index (Phi) is 2.46. The van der Waals surface area contributed by atoms with Gasteiger partial charge < -0.3 is 4.74 Å². The van der Waals surface area contributed by atoms with Gasteiger partial charge in [0.25, 0.3) is 0 Å². The van der Waals surface area contributed by atoms with Gasteiger partial charge in [0.2, 0.25) is 0 Å². The molecule has 72 valence electrons. The largest absolute Gasteiger partial charge is 0.378 e. The van der Waals surface area contributed by atoms with E-state index in [4.69, 9.17) is 4.74 Å². The van der Waals surface area contributed by atoms with Crippen LogP contribution in [0.2, 0.25) is 0 Å². The average molecular weight is 191 g/mol. The second-order valence-corrected chi connectivity index (χ2v) is 2.70. The molecule has 0 bridgehead atoms. The van der Waals surface area contributed by atoms with Gasteiger partial charge in [-0.25, -0.2) is 0 Å². The molecule has 14 heavy (non-hydrogen) atoms. The third-order valence-electron chi connectivity index (χ3n) is 1.71. The zero-order valence-electron chi connectivity index (χ0n) is 7.66. The van der Waals surface area contributed by atoms with Crippen LogP contribution < -0.4 is 0 Å². The van der Waals surface area contributed by atoms with Crippen LogP contribution in [0.4, 0.5) is 0 Å². The van der Waals surface area contributed by atoms with Gasteiger partial charge in [0.05, 0.1) is 24.2 Å². The molecule has 2 rings (SSSR count). The van der Waals surface area contributed by atoms with E-state index in [1.165, 1.54) is 6.33 Å². The van der Waals surface area contributed by atoms with Crippen molar-refractivity contribution in [3.8, 4) is 5.69 Å². The van der Waals surface area contributed by atoms with Gasteiger partial charge in [-0.3, -0.25) is 4.98 Å². The van der Waals surface area contributed by atoms with E-state index >= 15 is 0 Å². The van der Waals surface area contributed by atoms with Crippen molar-refractivity contribution in [1.82, 2.24) is 25.2 Å². The number of methoxy groups -OCH3 is 1. The Morgan fingerprint density at radius 2 is 2.36 bits per heavy atom. The lowest BCUT2D eigenvalue weighted by atomic mass is 10.3. The van der Waals surface area contributed by atoms with Gasteiger partial charge in [-0.05, 0) is 22.6 Å². The highest BCUT2D eigenvalue weighted by Gasteiger charge is 1.98. The van der Waals surface area contributed by atoms with Crippen LogP contribution in [-0.4, -0.2) is 32.3 Å². The Morgan fingerprint density at radius 3 is 2.93 bits per heavy atom. The lowest BCUT2D eigenvalue weighted by molar-refractivity contribution is 0.181. The van der Waals surface area contributed by atoms with Crippen molar-refractivity contribution in [3.05, 3.63) is 30.4 Å². The minimum Gasteiger partial charge on any atom is -0.378 e. The third-order valence-corrected chi connectivity index (χ3v) is 1.71. The smallest absolute Gasteiger partial charge is 0.143 e. The molecule has 2 aromatic rings. The van der Waals surface area contributed by atoms with Crippen molar-refractivity contribution < 1.29 is 4.74 Å². The van der Waals surface area contributed by atoms with Crippen LogP contribution in [0.15, 0.2) is 24.7 Å². The molecule has 0 saturated heterocycles. The highest BCUT2D eigenvalue weighted by molar-refractivity contribution is 5.27. The van der Waals surface area contributed by atoms with Gasteiger partial charge in [-0.15, -0.1) is 5.10 Å². The lowest BCUT2D eigenvalue weighted by Gasteiger charge is -2.00. The van der Waals surface area contributed by atoms with Crippen molar-refractivity contribution in [1.29, 1.82) is 0 Å². The quantitative estimate of drug-likeness (QED) is 0.693. The Bertz CT molecular complexity index is 383. The molecular formula is C8H9N5O. The van der Waals surface area contributed by atoms with Crippen molar-refractivity contribution in [2.75, 3.05) is 7.11 Å². The summed E-state index contributed by atoms with van der Waals surface area (Å²) in [7, 11) is 1.64. The average Bonchev–Trinajstić information content (AvgIpc) is 2.72. The van der Waals surface area contributed by atoms with E-state index in [9.17, 15) is 0 Å². The van der Waals surface area contributed by atoms with Gasteiger partial charge in [0.1, 0.15) is 6.33 Å². The van der Waals surface area contributed by atoms with Crippen LogP contribution in [0.3, 0.4) is 0 Å². The topological polar surface area (TPSA) is 65.7 Å². The molecule has 0 N–H and O–H groups in total. The standard InChI is InChI=1S/C8H9N5O/c1-14-5-7-2-3-8(4-9-7)13-6-10-11-12-13/h2-4,6H,5H2,1H3. The lowest BCUT2D eigenvalue weighted by Crippen LogP contribution is -1.98. The molecule has 0 spiro atoms. The minimum atomic E-state index is 0.510. The highest BCUT2D eigenvalue weighted by Crippen LogP contribution is 2.04. The van der Waals surface area contributed by atoms with Crippen LogP contribution >= 0.6 is 0 Å². The monoisotopic (exact) mass is 191 g/mol. The predicted molar refractivity (Wildman–Crippen MR) is 47.7 cm³/mol. The summed E-state index contributed by atoms with van der Waals surface area (Å²) in [6.07, 6.45) is 3.22. The van der Waals surface area contributed by atoms with E-state index in [0.29, 0.717) is 6.61 Å². The number of pyridine rings is 1. The minimum absolute atomic E-state index is 0.510. The molecule has 0 amide bonds. The SMILES string of the molecule is COCc1ccc(-n2cnnn2)cn1. The second kappa shape index (κ2) is 3.93. The highest BCUT2D eigenvalue weighted by atomic mass is 16.5. The number of tetrazole rings is 1. The predicted octanol–water partition coefficient (Wildman–Crippen LogP) is 0.204. The van der Waals surface area contributed by atoms with Gasteiger partial charge in [-0.1, -0.05) is 0 Å². The van der Waals surface area contributed by atoms with E-state index in [0.717, 1.165) is 11.4 Å². The first-order chi connectivity index (χ1) is 6.90. The summed E-state index contributed by atoms with van der Waals surface area (Å²) in [4.78, 5) is 4.18. The summed E-state index contributed by atoms with van der Waals surface area (Å²) in [5.74, 6) is 0. The first-order valence-corrected chi connectivity index (χ1v) is 4.07.